The maximum absolute atomic E-state index is 4.45. The molecule has 0 atom stereocenters. The number of hydrogen-bond donors (Lipinski definition) is 1. The first-order valence-corrected chi connectivity index (χ1v) is 7.12. The summed E-state index contributed by atoms with van der Waals surface area (Å²) < 4.78 is 4.30. The van der Waals surface area contributed by atoms with E-state index in [-0.39, 0.29) is 0 Å². The lowest BCUT2D eigenvalue weighted by atomic mass is 9.83. The van der Waals surface area contributed by atoms with Crippen LogP contribution in [-0.2, 0) is 6.42 Å². The van der Waals surface area contributed by atoms with E-state index in [1.165, 1.54) is 43.6 Å². The van der Waals surface area contributed by atoms with Crippen LogP contribution in [0.4, 0.5) is 5.13 Å². The van der Waals surface area contributed by atoms with Gasteiger partial charge in [-0.15, -0.1) is 0 Å². The molecule has 1 fully saturated rings. The average molecular weight is 239 g/mol. The maximum atomic E-state index is 4.45. The summed E-state index contributed by atoms with van der Waals surface area (Å²) >= 11 is 1.49. The highest BCUT2D eigenvalue weighted by molar-refractivity contribution is 7.09. The van der Waals surface area contributed by atoms with Crippen molar-refractivity contribution in [1.82, 2.24) is 9.36 Å². The average Bonchev–Trinajstić information content (AvgIpc) is 2.96. The lowest BCUT2D eigenvalue weighted by molar-refractivity contribution is 0.307. The SMILES string of the molecule is CCc1nsc(NCC2(CC)CCCC2)n1. The fourth-order valence-corrected chi connectivity index (χ4v) is 3.16. The topological polar surface area (TPSA) is 37.8 Å². The summed E-state index contributed by atoms with van der Waals surface area (Å²) in [6.07, 6.45) is 7.74. The smallest absolute Gasteiger partial charge is 0.202 e. The van der Waals surface area contributed by atoms with Crippen LogP contribution in [-0.4, -0.2) is 15.9 Å². The van der Waals surface area contributed by atoms with Crippen molar-refractivity contribution < 1.29 is 0 Å². The number of nitrogens with one attached hydrogen (secondary N) is 1. The third-order valence-corrected chi connectivity index (χ3v) is 4.52. The summed E-state index contributed by atoms with van der Waals surface area (Å²) in [7, 11) is 0. The van der Waals surface area contributed by atoms with E-state index in [0.717, 1.165) is 23.9 Å². The molecule has 0 bridgehead atoms. The molecule has 0 spiro atoms. The zero-order chi connectivity index (χ0) is 11.4. The minimum Gasteiger partial charge on any atom is -0.360 e. The zero-order valence-electron chi connectivity index (χ0n) is 10.3. The van der Waals surface area contributed by atoms with Gasteiger partial charge in [0.25, 0.3) is 0 Å². The Balaban J connectivity index is 1.90. The van der Waals surface area contributed by atoms with Gasteiger partial charge in [-0.3, -0.25) is 0 Å². The van der Waals surface area contributed by atoms with E-state index in [2.05, 4.69) is 28.5 Å². The number of hydrogen-bond acceptors (Lipinski definition) is 4. The standard InChI is InChI=1S/C12H21N3S/c1-3-10-14-11(16-15-10)13-9-12(4-2)7-5-6-8-12/h3-9H2,1-2H3,(H,13,14,15). The third kappa shape index (κ3) is 2.54. The minimum absolute atomic E-state index is 0.526. The molecule has 0 aromatic carbocycles. The Morgan fingerprint density at radius 1 is 1.31 bits per heavy atom. The lowest BCUT2D eigenvalue weighted by Gasteiger charge is -2.27. The molecule has 1 heterocycles. The Morgan fingerprint density at radius 2 is 2.06 bits per heavy atom. The van der Waals surface area contributed by atoms with Crippen LogP contribution in [0.1, 0.15) is 51.8 Å². The van der Waals surface area contributed by atoms with Crippen LogP contribution in [0.15, 0.2) is 0 Å². The van der Waals surface area contributed by atoms with E-state index in [0.29, 0.717) is 5.41 Å². The molecular weight excluding hydrogens is 218 g/mol. The predicted octanol–water partition coefficient (Wildman–Crippen LogP) is 3.48. The fourth-order valence-electron chi connectivity index (χ4n) is 2.51. The maximum Gasteiger partial charge on any atom is 0.202 e. The first kappa shape index (κ1) is 11.8. The highest BCUT2D eigenvalue weighted by Crippen LogP contribution is 2.40. The van der Waals surface area contributed by atoms with Crippen molar-refractivity contribution in [2.24, 2.45) is 5.41 Å². The van der Waals surface area contributed by atoms with Gasteiger partial charge < -0.3 is 5.32 Å². The summed E-state index contributed by atoms with van der Waals surface area (Å²) in [5, 5.41) is 4.47. The lowest BCUT2D eigenvalue weighted by Crippen LogP contribution is -2.25. The number of aryl methyl sites for hydroxylation is 1. The quantitative estimate of drug-likeness (QED) is 0.854. The molecule has 1 aromatic rings. The van der Waals surface area contributed by atoms with Crippen molar-refractivity contribution in [3.63, 3.8) is 0 Å². The van der Waals surface area contributed by atoms with Gasteiger partial charge in [-0.1, -0.05) is 26.7 Å². The van der Waals surface area contributed by atoms with E-state index in [9.17, 15) is 0 Å². The molecule has 0 saturated heterocycles. The van der Waals surface area contributed by atoms with Gasteiger partial charge in [0.05, 0.1) is 0 Å². The van der Waals surface area contributed by atoms with E-state index >= 15 is 0 Å². The number of nitrogens with zero attached hydrogens (tertiary/aromatic N) is 2. The number of anilines is 1. The molecule has 1 N–H and O–H groups in total. The summed E-state index contributed by atoms with van der Waals surface area (Å²) in [5.41, 5.74) is 0.526. The Labute approximate surface area is 102 Å². The van der Waals surface area contributed by atoms with Gasteiger partial charge >= 0.3 is 0 Å². The van der Waals surface area contributed by atoms with Gasteiger partial charge in [-0.05, 0) is 24.7 Å². The van der Waals surface area contributed by atoms with E-state index in [4.69, 9.17) is 0 Å². The monoisotopic (exact) mass is 239 g/mol. The molecule has 1 aliphatic rings. The molecule has 3 nitrogen and oxygen atoms in total. The van der Waals surface area contributed by atoms with Crippen LogP contribution in [0, 0.1) is 5.41 Å². The highest BCUT2D eigenvalue weighted by atomic mass is 32.1. The van der Waals surface area contributed by atoms with Crippen LogP contribution in [0.5, 0.6) is 0 Å². The van der Waals surface area contributed by atoms with Gasteiger partial charge in [0.1, 0.15) is 5.82 Å². The Morgan fingerprint density at radius 3 is 2.62 bits per heavy atom. The molecule has 1 aromatic heterocycles. The minimum atomic E-state index is 0.526. The van der Waals surface area contributed by atoms with Gasteiger partial charge in [0.2, 0.25) is 5.13 Å². The second-order valence-electron chi connectivity index (χ2n) is 4.78. The van der Waals surface area contributed by atoms with Gasteiger partial charge in [-0.2, -0.15) is 4.37 Å². The molecule has 0 unspecified atom stereocenters. The molecule has 90 valence electrons. The van der Waals surface area contributed by atoms with E-state index in [1.54, 1.807) is 0 Å². The Hall–Kier alpha value is -0.640. The second kappa shape index (κ2) is 5.13. The van der Waals surface area contributed by atoms with Crippen LogP contribution in [0.2, 0.25) is 0 Å². The van der Waals surface area contributed by atoms with Crippen LogP contribution >= 0.6 is 11.5 Å². The molecule has 0 aliphatic heterocycles. The van der Waals surface area contributed by atoms with E-state index < -0.39 is 0 Å². The largest absolute Gasteiger partial charge is 0.360 e. The predicted molar refractivity (Wildman–Crippen MR) is 69.0 cm³/mol. The van der Waals surface area contributed by atoms with Crippen LogP contribution in [0.3, 0.4) is 0 Å². The van der Waals surface area contributed by atoms with E-state index in [1.807, 2.05) is 0 Å². The van der Waals surface area contributed by atoms with Gasteiger partial charge in [0.15, 0.2) is 0 Å². The van der Waals surface area contributed by atoms with Crippen molar-refractivity contribution in [2.75, 3.05) is 11.9 Å². The van der Waals surface area contributed by atoms with Crippen LogP contribution in [0.25, 0.3) is 0 Å². The number of aromatic nitrogens is 2. The molecule has 1 saturated carbocycles. The normalized spacial score (nSPS) is 18.9. The Kier molecular flexibility index (Phi) is 3.79. The molecule has 4 heteroatoms. The first-order valence-electron chi connectivity index (χ1n) is 6.34. The molecule has 16 heavy (non-hydrogen) atoms. The fraction of sp³-hybridized carbons (Fsp3) is 0.833. The first-order chi connectivity index (χ1) is 7.78. The number of rotatable bonds is 5. The summed E-state index contributed by atoms with van der Waals surface area (Å²) in [6.45, 7) is 5.47. The van der Waals surface area contributed by atoms with Gasteiger partial charge in [-0.25, -0.2) is 4.98 Å². The molecule has 0 amide bonds. The molecular formula is C12H21N3S. The van der Waals surface area contributed by atoms with Crippen LogP contribution < -0.4 is 5.32 Å². The second-order valence-corrected chi connectivity index (χ2v) is 5.54. The van der Waals surface area contributed by atoms with Crippen molar-refractivity contribution >= 4 is 16.7 Å². The van der Waals surface area contributed by atoms with Gasteiger partial charge in [0, 0.05) is 24.5 Å². The summed E-state index contributed by atoms with van der Waals surface area (Å²) in [6, 6.07) is 0. The summed E-state index contributed by atoms with van der Waals surface area (Å²) in [4.78, 5) is 4.45. The van der Waals surface area contributed by atoms with Crippen molar-refractivity contribution in [3.05, 3.63) is 5.82 Å². The third-order valence-electron chi connectivity index (χ3n) is 3.81. The molecule has 0 radical (unpaired) electrons. The summed E-state index contributed by atoms with van der Waals surface area (Å²) in [5.74, 6) is 0.962. The molecule has 2 rings (SSSR count). The highest BCUT2D eigenvalue weighted by Gasteiger charge is 2.31. The molecule has 1 aliphatic carbocycles. The Bertz CT molecular complexity index is 329. The van der Waals surface area contributed by atoms with Crippen molar-refractivity contribution in [1.29, 1.82) is 0 Å². The van der Waals surface area contributed by atoms with Crippen molar-refractivity contribution in [3.8, 4) is 0 Å². The zero-order valence-corrected chi connectivity index (χ0v) is 11.1. The van der Waals surface area contributed by atoms with Crippen molar-refractivity contribution in [2.45, 2.75) is 52.4 Å².